The second kappa shape index (κ2) is 5.52. The van der Waals surface area contributed by atoms with Gasteiger partial charge >= 0.3 is 0 Å². The van der Waals surface area contributed by atoms with Crippen molar-refractivity contribution in [1.82, 2.24) is 9.88 Å². The number of aromatic nitrogens is 1. The van der Waals surface area contributed by atoms with E-state index in [0.717, 1.165) is 5.52 Å². The number of morpholine rings is 1. The summed E-state index contributed by atoms with van der Waals surface area (Å²) in [6.07, 6.45) is 0. The molecule has 1 saturated heterocycles. The fourth-order valence-electron chi connectivity index (χ4n) is 3.06. The number of rotatable bonds is 1. The molecule has 5 nitrogen and oxygen atoms in total. The molecule has 0 bridgehead atoms. The van der Waals surface area contributed by atoms with E-state index in [9.17, 15) is 9.59 Å². The Morgan fingerprint density at radius 1 is 1.00 bits per heavy atom. The highest BCUT2D eigenvalue weighted by Crippen LogP contribution is 2.20. The van der Waals surface area contributed by atoms with Crippen LogP contribution in [0.3, 0.4) is 0 Å². The standard InChI is InChI=1S/C18H16N2O3/c21-17-12-4-1-2-7-15(12)19-16-13(17)5-3-6-14(16)18(22)20-8-10-23-11-9-20/h1-7H,8-11H2,(H,19,21). The summed E-state index contributed by atoms with van der Waals surface area (Å²) in [5.41, 5.74) is 1.83. The van der Waals surface area contributed by atoms with Gasteiger partial charge in [0.25, 0.3) is 5.91 Å². The van der Waals surface area contributed by atoms with Gasteiger partial charge in [-0.15, -0.1) is 0 Å². The molecule has 1 aliphatic heterocycles. The lowest BCUT2D eigenvalue weighted by molar-refractivity contribution is 0.0304. The molecule has 3 aromatic rings. The van der Waals surface area contributed by atoms with Crippen molar-refractivity contribution >= 4 is 27.7 Å². The highest BCUT2D eigenvalue weighted by Gasteiger charge is 2.21. The summed E-state index contributed by atoms with van der Waals surface area (Å²) in [7, 11) is 0. The van der Waals surface area contributed by atoms with E-state index < -0.39 is 0 Å². The van der Waals surface area contributed by atoms with Gasteiger partial charge in [0.2, 0.25) is 0 Å². The minimum atomic E-state index is -0.0650. The number of fused-ring (bicyclic) bond motifs is 2. The van der Waals surface area contributed by atoms with Crippen LogP contribution >= 0.6 is 0 Å². The van der Waals surface area contributed by atoms with E-state index in [2.05, 4.69) is 4.98 Å². The van der Waals surface area contributed by atoms with Crippen LogP contribution in [0.15, 0.2) is 47.3 Å². The van der Waals surface area contributed by atoms with Gasteiger partial charge in [0, 0.05) is 29.4 Å². The molecule has 1 N–H and O–H groups in total. The average molecular weight is 308 g/mol. The number of H-pyrrole nitrogens is 1. The number of amides is 1. The fraction of sp³-hybridized carbons (Fsp3) is 0.222. The maximum Gasteiger partial charge on any atom is 0.256 e. The predicted molar refractivity (Wildman–Crippen MR) is 88.8 cm³/mol. The second-order valence-corrected chi connectivity index (χ2v) is 5.63. The third-order valence-corrected chi connectivity index (χ3v) is 4.27. The molecule has 1 fully saturated rings. The van der Waals surface area contributed by atoms with Crippen LogP contribution in [0, 0.1) is 0 Å². The molecule has 23 heavy (non-hydrogen) atoms. The Morgan fingerprint density at radius 3 is 2.57 bits per heavy atom. The van der Waals surface area contributed by atoms with Crippen molar-refractivity contribution in [2.45, 2.75) is 0 Å². The number of carbonyl (C=O) groups is 1. The molecular formula is C18H16N2O3. The molecule has 1 amide bonds. The number of carbonyl (C=O) groups excluding carboxylic acids is 1. The molecule has 4 rings (SSSR count). The topological polar surface area (TPSA) is 62.4 Å². The van der Waals surface area contributed by atoms with Crippen LogP contribution in [0.4, 0.5) is 0 Å². The van der Waals surface area contributed by atoms with E-state index in [4.69, 9.17) is 4.74 Å². The Bertz CT molecular complexity index is 955. The van der Waals surface area contributed by atoms with Gasteiger partial charge < -0.3 is 14.6 Å². The van der Waals surface area contributed by atoms with Crippen molar-refractivity contribution in [2.24, 2.45) is 0 Å². The normalized spacial score (nSPS) is 15.2. The number of benzene rings is 2. The zero-order chi connectivity index (χ0) is 15.8. The minimum Gasteiger partial charge on any atom is -0.378 e. The molecule has 0 saturated carbocycles. The van der Waals surface area contributed by atoms with Crippen molar-refractivity contribution in [1.29, 1.82) is 0 Å². The lowest BCUT2D eigenvalue weighted by atomic mass is 10.1. The first kappa shape index (κ1) is 14.0. The zero-order valence-corrected chi connectivity index (χ0v) is 12.5. The molecule has 0 unspecified atom stereocenters. The average Bonchev–Trinajstić information content (AvgIpc) is 2.62. The van der Waals surface area contributed by atoms with Crippen LogP contribution in [0.25, 0.3) is 21.8 Å². The van der Waals surface area contributed by atoms with Gasteiger partial charge in [0.1, 0.15) is 0 Å². The predicted octanol–water partition coefficient (Wildman–Crippen LogP) is 2.15. The minimum absolute atomic E-state index is 0.0500. The lowest BCUT2D eigenvalue weighted by Gasteiger charge is -2.27. The summed E-state index contributed by atoms with van der Waals surface area (Å²) in [6.45, 7) is 2.26. The van der Waals surface area contributed by atoms with E-state index >= 15 is 0 Å². The molecule has 0 atom stereocenters. The first-order valence-electron chi connectivity index (χ1n) is 7.66. The van der Waals surface area contributed by atoms with E-state index in [1.807, 2.05) is 18.2 Å². The van der Waals surface area contributed by atoms with Crippen LogP contribution in [-0.2, 0) is 4.74 Å². The Hall–Kier alpha value is -2.66. The summed E-state index contributed by atoms with van der Waals surface area (Å²) in [6, 6.07) is 12.7. The van der Waals surface area contributed by atoms with Crippen molar-refractivity contribution < 1.29 is 9.53 Å². The highest BCUT2D eigenvalue weighted by atomic mass is 16.5. The smallest absolute Gasteiger partial charge is 0.256 e. The van der Waals surface area contributed by atoms with Crippen molar-refractivity contribution in [3.63, 3.8) is 0 Å². The molecule has 2 aromatic carbocycles. The Balaban J connectivity index is 1.93. The van der Waals surface area contributed by atoms with Crippen LogP contribution in [0.5, 0.6) is 0 Å². The van der Waals surface area contributed by atoms with E-state index in [-0.39, 0.29) is 11.3 Å². The van der Waals surface area contributed by atoms with E-state index in [1.165, 1.54) is 0 Å². The number of nitrogens with zero attached hydrogens (tertiary/aromatic N) is 1. The molecule has 0 spiro atoms. The maximum atomic E-state index is 12.8. The van der Waals surface area contributed by atoms with Crippen molar-refractivity contribution in [3.05, 3.63) is 58.3 Å². The van der Waals surface area contributed by atoms with Gasteiger partial charge in [0.15, 0.2) is 5.43 Å². The number of para-hydroxylation sites is 2. The first-order chi connectivity index (χ1) is 11.3. The quantitative estimate of drug-likeness (QED) is 0.701. The number of hydrogen-bond acceptors (Lipinski definition) is 3. The second-order valence-electron chi connectivity index (χ2n) is 5.63. The van der Waals surface area contributed by atoms with Gasteiger partial charge in [0.05, 0.1) is 24.3 Å². The van der Waals surface area contributed by atoms with Crippen molar-refractivity contribution in [3.8, 4) is 0 Å². The maximum absolute atomic E-state index is 12.8. The van der Waals surface area contributed by atoms with Gasteiger partial charge in [-0.3, -0.25) is 9.59 Å². The molecule has 2 heterocycles. The molecule has 116 valence electrons. The summed E-state index contributed by atoms with van der Waals surface area (Å²) >= 11 is 0. The number of pyridine rings is 1. The summed E-state index contributed by atoms with van der Waals surface area (Å²) in [5.74, 6) is -0.0650. The highest BCUT2D eigenvalue weighted by molar-refractivity contribution is 6.07. The Kier molecular flexibility index (Phi) is 3.35. The number of nitrogens with one attached hydrogen (secondary N) is 1. The first-order valence-corrected chi connectivity index (χ1v) is 7.66. The van der Waals surface area contributed by atoms with Crippen LogP contribution < -0.4 is 5.43 Å². The van der Waals surface area contributed by atoms with Gasteiger partial charge in [-0.05, 0) is 24.3 Å². The van der Waals surface area contributed by atoms with Gasteiger partial charge in [-0.2, -0.15) is 0 Å². The molecular weight excluding hydrogens is 292 g/mol. The lowest BCUT2D eigenvalue weighted by Crippen LogP contribution is -2.40. The molecule has 5 heteroatoms. The Morgan fingerprint density at radius 2 is 1.74 bits per heavy atom. The number of ether oxygens (including phenoxy) is 1. The van der Waals surface area contributed by atoms with Crippen LogP contribution in [0.1, 0.15) is 10.4 Å². The van der Waals surface area contributed by atoms with Crippen LogP contribution in [-0.4, -0.2) is 42.1 Å². The van der Waals surface area contributed by atoms with E-state index in [0.29, 0.717) is 48.2 Å². The van der Waals surface area contributed by atoms with Gasteiger partial charge in [-0.1, -0.05) is 18.2 Å². The monoisotopic (exact) mass is 308 g/mol. The van der Waals surface area contributed by atoms with E-state index in [1.54, 1.807) is 29.2 Å². The van der Waals surface area contributed by atoms with Gasteiger partial charge in [-0.25, -0.2) is 0 Å². The van der Waals surface area contributed by atoms with Crippen molar-refractivity contribution in [2.75, 3.05) is 26.3 Å². The number of hydrogen-bond donors (Lipinski definition) is 1. The molecule has 0 radical (unpaired) electrons. The molecule has 1 aromatic heterocycles. The molecule has 0 aliphatic carbocycles. The Labute approximate surface area is 132 Å². The third-order valence-electron chi connectivity index (χ3n) is 4.27. The summed E-state index contributed by atoms with van der Waals surface area (Å²) < 4.78 is 5.30. The largest absolute Gasteiger partial charge is 0.378 e. The zero-order valence-electron chi connectivity index (χ0n) is 12.5. The SMILES string of the molecule is O=C(c1cccc2c(=O)c3ccccc3[nH]c12)N1CCOCC1. The third kappa shape index (κ3) is 2.29. The fourth-order valence-corrected chi connectivity index (χ4v) is 3.06. The van der Waals surface area contributed by atoms with Crippen LogP contribution in [0.2, 0.25) is 0 Å². The summed E-state index contributed by atoms with van der Waals surface area (Å²) in [4.78, 5) is 30.5. The molecule has 1 aliphatic rings. The summed E-state index contributed by atoms with van der Waals surface area (Å²) in [5, 5.41) is 1.18. The number of aromatic amines is 1.